The van der Waals surface area contributed by atoms with Gasteiger partial charge in [-0.2, -0.15) is 9.97 Å². The summed E-state index contributed by atoms with van der Waals surface area (Å²) in [5, 5.41) is 0. The van der Waals surface area contributed by atoms with E-state index in [1.807, 2.05) is 6.92 Å². The smallest absolute Gasteiger partial charge is 0.320 e. The van der Waals surface area contributed by atoms with E-state index < -0.39 is 0 Å². The molecular weight excluding hydrogens is 320 g/mol. The van der Waals surface area contributed by atoms with Crippen molar-refractivity contribution in [1.29, 1.82) is 0 Å². The lowest BCUT2D eigenvalue weighted by atomic mass is 10.0. The van der Waals surface area contributed by atoms with E-state index in [0.717, 1.165) is 50.9 Å². The highest BCUT2D eigenvalue weighted by atomic mass is 16.5. The van der Waals surface area contributed by atoms with Crippen LogP contribution in [0.4, 0.5) is 11.6 Å². The minimum absolute atomic E-state index is 0.0235. The second-order valence-corrected chi connectivity index (χ2v) is 7.00. The third-order valence-electron chi connectivity index (χ3n) is 4.90. The van der Waals surface area contributed by atoms with Crippen LogP contribution in [0.2, 0.25) is 0 Å². The molecule has 1 saturated heterocycles. The zero-order valence-electron chi connectivity index (χ0n) is 15.2. The third kappa shape index (κ3) is 4.21. The van der Waals surface area contributed by atoms with Crippen molar-refractivity contribution in [3.8, 4) is 6.01 Å². The van der Waals surface area contributed by atoms with Crippen molar-refractivity contribution >= 4 is 17.5 Å². The summed E-state index contributed by atoms with van der Waals surface area (Å²) in [5.74, 6) is 1.63. The van der Waals surface area contributed by atoms with Crippen LogP contribution >= 0.6 is 0 Å². The molecule has 0 bridgehead atoms. The Bertz CT molecular complexity index is 617. The second-order valence-electron chi connectivity index (χ2n) is 7.00. The molecule has 2 N–H and O–H groups in total. The molecule has 2 aliphatic rings. The summed E-state index contributed by atoms with van der Waals surface area (Å²) in [5.41, 5.74) is 6.78. The first-order chi connectivity index (χ1) is 12.1. The van der Waals surface area contributed by atoms with Gasteiger partial charge in [0.1, 0.15) is 11.6 Å². The molecule has 1 unspecified atom stereocenters. The molecule has 0 radical (unpaired) electrons. The lowest BCUT2D eigenvalue weighted by Crippen LogP contribution is -2.29. The molecule has 25 heavy (non-hydrogen) atoms. The Hall–Kier alpha value is -1.89. The van der Waals surface area contributed by atoms with Gasteiger partial charge < -0.3 is 15.2 Å². The summed E-state index contributed by atoms with van der Waals surface area (Å²) >= 11 is 0. The van der Waals surface area contributed by atoms with Crippen LogP contribution in [0.15, 0.2) is 0 Å². The van der Waals surface area contributed by atoms with Gasteiger partial charge in [-0.3, -0.25) is 9.69 Å². The molecule has 1 aromatic rings. The minimum atomic E-state index is 0.0235. The first kappa shape index (κ1) is 17.9. The van der Waals surface area contributed by atoms with Gasteiger partial charge in [0.15, 0.2) is 0 Å². The van der Waals surface area contributed by atoms with Gasteiger partial charge in [0, 0.05) is 25.3 Å². The van der Waals surface area contributed by atoms with Crippen molar-refractivity contribution in [1.82, 2.24) is 9.97 Å². The fourth-order valence-electron chi connectivity index (χ4n) is 3.50. The highest BCUT2D eigenvalue weighted by Crippen LogP contribution is 2.33. The topological polar surface area (TPSA) is 90.6 Å². The lowest BCUT2D eigenvalue weighted by molar-refractivity contribution is -0.117. The first-order valence-electron chi connectivity index (χ1n) is 9.29. The van der Waals surface area contributed by atoms with Crippen LogP contribution in [-0.2, 0) is 16.0 Å². The number of anilines is 2. The lowest BCUT2D eigenvalue weighted by Gasteiger charge is -2.19. The Morgan fingerprint density at radius 1 is 1.44 bits per heavy atom. The van der Waals surface area contributed by atoms with Crippen LogP contribution in [0.5, 0.6) is 6.01 Å². The van der Waals surface area contributed by atoms with Crippen LogP contribution < -0.4 is 15.4 Å². The zero-order chi connectivity index (χ0) is 17.8. The number of nitrogens with zero attached hydrogens (tertiary/aromatic N) is 3. The summed E-state index contributed by atoms with van der Waals surface area (Å²) in [7, 11) is 0. The minimum Gasteiger partial charge on any atom is -0.460 e. The van der Waals surface area contributed by atoms with E-state index in [9.17, 15) is 4.79 Å². The number of amides is 1. The van der Waals surface area contributed by atoms with Crippen molar-refractivity contribution in [2.45, 2.75) is 58.5 Å². The molecule has 138 valence electrons. The normalized spacial score (nSPS) is 20.8. The summed E-state index contributed by atoms with van der Waals surface area (Å²) in [6, 6.07) is 0.265. The van der Waals surface area contributed by atoms with Gasteiger partial charge in [-0.1, -0.05) is 13.3 Å². The monoisotopic (exact) mass is 348 g/mol. The summed E-state index contributed by atoms with van der Waals surface area (Å²) in [6.45, 7) is 6.45. The fraction of sp³-hybridized carbons (Fsp3) is 0.722. The molecule has 1 aromatic heterocycles. The molecule has 0 aromatic carbocycles. The number of nitrogens with two attached hydrogens (primary N) is 1. The molecule has 1 amide bonds. The Morgan fingerprint density at radius 3 is 3.00 bits per heavy atom. The SMILES string of the molecule is CCC[C@H](C)Oc1nc(N)c2c(n1)N(CCCC1CCOC1)C(=O)C2. The number of fused-ring (bicyclic) bond motifs is 1. The van der Waals surface area contributed by atoms with Gasteiger partial charge in [0.2, 0.25) is 5.91 Å². The van der Waals surface area contributed by atoms with Crippen LogP contribution in [0, 0.1) is 5.92 Å². The molecule has 0 aliphatic carbocycles. The fourth-order valence-corrected chi connectivity index (χ4v) is 3.50. The van der Waals surface area contributed by atoms with Crippen molar-refractivity contribution in [3.05, 3.63) is 5.56 Å². The summed E-state index contributed by atoms with van der Waals surface area (Å²) < 4.78 is 11.2. The average molecular weight is 348 g/mol. The number of aromatic nitrogens is 2. The van der Waals surface area contributed by atoms with Crippen molar-refractivity contribution in [2.75, 3.05) is 30.4 Å². The van der Waals surface area contributed by atoms with E-state index in [4.69, 9.17) is 15.2 Å². The van der Waals surface area contributed by atoms with Crippen molar-refractivity contribution < 1.29 is 14.3 Å². The van der Waals surface area contributed by atoms with Gasteiger partial charge in [0.25, 0.3) is 0 Å². The van der Waals surface area contributed by atoms with Crippen LogP contribution in [-0.4, -0.2) is 41.7 Å². The first-order valence-corrected chi connectivity index (χ1v) is 9.29. The van der Waals surface area contributed by atoms with Gasteiger partial charge >= 0.3 is 6.01 Å². The van der Waals surface area contributed by atoms with E-state index >= 15 is 0 Å². The highest BCUT2D eigenvalue weighted by molar-refractivity contribution is 6.01. The Labute approximate surface area is 148 Å². The average Bonchev–Trinajstić information content (AvgIpc) is 3.17. The predicted octanol–water partition coefficient (Wildman–Crippen LogP) is 2.33. The summed E-state index contributed by atoms with van der Waals surface area (Å²) in [6.07, 6.45) is 5.37. The Balaban J connectivity index is 1.68. The molecule has 7 nitrogen and oxygen atoms in total. The highest BCUT2D eigenvalue weighted by Gasteiger charge is 2.32. The van der Waals surface area contributed by atoms with E-state index in [1.165, 1.54) is 0 Å². The molecule has 0 saturated carbocycles. The van der Waals surface area contributed by atoms with Gasteiger partial charge in [-0.15, -0.1) is 0 Å². The molecule has 0 spiro atoms. The third-order valence-corrected chi connectivity index (χ3v) is 4.90. The molecule has 1 fully saturated rings. The Morgan fingerprint density at radius 2 is 2.28 bits per heavy atom. The number of hydrogen-bond donors (Lipinski definition) is 1. The van der Waals surface area contributed by atoms with Crippen molar-refractivity contribution in [2.24, 2.45) is 5.92 Å². The van der Waals surface area contributed by atoms with Gasteiger partial charge in [-0.25, -0.2) is 0 Å². The number of nitrogen functional groups attached to an aromatic ring is 1. The maximum Gasteiger partial charge on any atom is 0.320 e. The number of ether oxygens (including phenoxy) is 2. The maximum atomic E-state index is 12.4. The predicted molar refractivity (Wildman–Crippen MR) is 95.7 cm³/mol. The van der Waals surface area contributed by atoms with E-state index in [1.54, 1.807) is 4.90 Å². The molecule has 2 atom stereocenters. The largest absolute Gasteiger partial charge is 0.460 e. The van der Waals surface area contributed by atoms with Crippen LogP contribution in [0.3, 0.4) is 0 Å². The van der Waals surface area contributed by atoms with E-state index in [0.29, 0.717) is 24.1 Å². The van der Waals surface area contributed by atoms with Crippen LogP contribution in [0.1, 0.15) is 51.5 Å². The van der Waals surface area contributed by atoms with Crippen molar-refractivity contribution in [3.63, 3.8) is 0 Å². The van der Waals surface area contributed by atoms with Gasteiger partial charge in [0.05, 0.1) is 12.5 Å². The van der Waals surface area contributed by atoms with Crippen LogP contribution in [0.25, 0.3) is 0 Å². The molecule has 3 heterocycles. The number of carbonyl (C=O) groups is 1. The van der Waals surface area contributed by atoms with E-state index in [-0.39, 0.29) is 24.4 Å². The molecule has 7 heteroatoms. The Kier molecular flexibility index (Phi) is 5.73. The summed E-state index contributed by atoms with van der Waals surface area (Å²) in [4.78, 5) is 22.8. The molecule has 3 rings (SSSR count). The number of hydrogen-bond acceptors (Lipinski definition) is 6. The number of carbonyl (C=O) groups excluding carboxylic acids is 1. The second kappa shape index (κ2) is 7.99. The molecule has 2 aliphatic heterocycles. The molecular formula is C18H28N4O3. The quantitative estimate of drug-likeness (QED) is 0.775. The van der Waals surface area contributed by atoms with E-state index in [2.05, 4.69) is 16.9 Å². The van der Waals surface area contributed by atoms with Gasteiger partial charge in [-0.05, 0) is 38.5 Å². The maximum absolute atomic E-state index is 12.4. The standard InChI is InChI=1S/C18H28N4O3/c1-3-5-12(2)25-18-20-16(19)14-10-15(23)22(17(14)21-18)8-4-6-13-7-9-24-11-13/h12-13H,3-11H2,1-2H3,(H2,19,20,21)/t12-,13?/m0/s1. The number of rotatable bonds is 8. The zero-order valence-corrected chi connectivity index (χ0v) is 15.2.